The summed E-state index contributed by atoms with van der Waals surface area (Å²) in [6.07, 6.45) is 2.66. The maximum absolute atomic E-state index is 12.7. The highest BCUT2D eigenvalue weighted by Gasteiger charge is 2.42. The summed E-state index contributed by atoms with van der Waals surface area (Å²) in [7, 11) is 0. The molecule has 0 radical (unpaired) electrons. The van der Waals surface area contributed by atoms with Crippen LogP contribution in [0.1, 0.15) is 29.6 Å². The number of hydrogen-bond donors (Lipinski definition) is 1. The van der Waals surface area contributed by atoms with Crippen LogP contribution in [-0.2, 0) is 4.74 Å². The third-order valence-electron chi connectivity index (χ3n) is 4.21. The number of nitrogens with two attached hydrogens (primary N) is 1. The van der Waals surface area contributed by atoms with Crippen molar-refractivity contribution < 1.29 is 9.53 Å². The van der Waals surface area contributed by atoms with Gasteiger partial charge in [0.2, 0.25) is 0 Å². The number of hydrogen-bond acceptors (Lipinski definition) is 4. The van der Waals surface area contributed by atoms with E-state index in [1.807, 2.05) is 11.8 Å². The van der Waals surface area contributed by atoms with E-state index >= 15 is 0 Å². The molecule has 2 N–H and O–H groups in total. The maximum atomic E-state index is 12.7. The number of nitrogen functional groups attached to an aromatic ring is 1. The zero-order valence-corrected chi connectivity index (χ0v) is 12.8. The van der Waals surface area contributed by atoms with E-state index in [0.717, 1.165) is 30.8 Å². The van der Waals surface area contributed by atoms with Crippen LogP contribution in [0.2, 0.25) is 5.02 Å². The van der Waals surface area contributed by atoms with Gasteiger partial charge in [0.25, 0.3) is 0 Å². The Morgan fingerprint density at radius 3 is 3.05 bits per heavy atom. The molecular formula is C15H18ClNO2S. The maximum Gasteiger partial charge on any atom is 0.168 e. The second kappa shape index (κ2) is 5.58. The first-order valence-corrected chi connectivity index (χ1v) is 8.44. The lowest BCUT2D eigenvalue weighted by Gasteiger charge is -2.37. The molecule has 2 fully saturated rings. The molecular weight excluding hydrogens is 294 g/mol. The number of ketones is 1. The summed E-state index contributed by atoms with van der Waals surface area (Å²) in [6.45, 7) is 0.671. The minimum atomic E-state index is -0.0789. The second-order valence-corrected chi connectivity index (χ2v) is 7.16. The number of ether oxygens (including phenoxy) is 1. The molecule has 0 bridgehead atoms. The van der Waals surface area contributed by atoms with E-state index in [4.69, 9.17) is 22.1 Å². The molecule has 2 unspecified atom stereocenters. The Morgan fingerprint density at radius 2 is 2.35 bits per heavy atom. The Labute approximate surface area is 128 Å². The first-order chi connectivity index (χ1) is 9.60. The molecule has 5 heteroatoms. The molecule has 0 aromatic heterocycles. The quantitative estimate of drug-likeness (QED) is 0.672. The van der Waals surface area contributed by atoms with Crippen LogP contribution in [0.25, 0.3) is 0 Å². The number of Topliss-reactive ketones (excluding diaryl/α,β-unsaturated/α-hetero) is 1. The first-order valence-electron chi connectivity index (χ1n) is 6.91. The minimum absolute atomic E-state index is 0.0194. The number of benzene rings is 1. The molecule has 2 saturated heterocycles. The van der Waals surface area contributed by atoms with Gasteiger partial charge in [0, 0.05) is 34.6 Å². The summed E-state index contributed by atoms with van der Waals surface area (Å²) >= 11 is 7.81. The van der Waals surface area contributed by atoms with Crippen LogP contribution in [-0.4, -0.2) is 29.5 Å². The van der Waals surface area contributed by atoms with Crippen molar-refractivity contribution in [3.8, 4) is 0 Å². The molecule has 3 rings (SSSR count). The van der Waals surface area contributed by atoms with Crippen LogP contribution in [0.3, 0.4) is 0 Å². The summed E-state index contributed by atoms with van der Waals surface area (Å²) in [6, 6.07) is 5.12. The summed E-state index contributed by atoms with van der Waals surface area (Å²) < 4.78 is 5.97. The zero-order chi connectivity index (χ0) is 14.2. The van der Waals surface area contributed by atoms with Crippen molar-refractivity contribution in [3.63, 3.8) is 0 Å². The van der Waals surface area contributed by atoms with Crippen LogP contribution < -0.4 is 5.73 Å². The van der Waals surface area contributed by atoms with Gasteiger partial charge in [-0.25, -0.2) is 0 Å². The molecule has 3 nitrogen and oxygen atoms in total. The highest BCUT2D eigenvalue weighted by molar-refractivity contribution is 7.99. The Hall–Kier alpha value is -0.710. The van der Waals surface area contributed by atoms with Gasteiger partial charge in [0.05, 0.1) is 5.60 Å². The van der Waals surface area contributed by atoms with Crippen molar-refractivity contribution in [2.75, 3.05) is 23.8 Å². The van der Waals surface area contributed by atoms with Crippen molar-refractivity contribution in [2.24, 2.45) is 5.92 Å². The van der Waals surface area contributed by atoms with E-state index in [1.54, 1.807) is 18.2 Å². The summed E-state index contributed by atoms with van der Waals surface area (Å²) in [5.74, 6) is 2.29. The third-order valence-corrected chi connectivity index (χ3v) is 5.67. The molecule has 108 valence electrons. The smallest absolute Gasteiger partial charge is 0.168 e. The fourth-order valence-electron chi connectivity index (χ4n) is 3.09. The molecule has 1 aromatic rings. The average molecular weight is 312 g/mol. The van der Waals surface area contributed by atoms with Gasteiger partial charge >= 0.3 is 0 Å². The van der Waals surface area contributed by atoms with Gasteiger partial charge in [-0.1, -0.05) is 11.6 Å². The Balaban J connectivity index is 1.79. The molecule has 2 aliphatic rings. The predicted octanol–water partition coefficient (Wildman–Crippen LogP) is 3.41. The zero-order valence-electron chi connectivity index (χ0n) is 11.2. The lowest BCUT2D eigenvalue weighted by molar-refractivity contribution is -0.0734. The molecule has 2 heterocycles. The normalized spacial score (nSPS) is 29.8. The molecule has 1 spiro atoms. The van der Waals surface area contributed by atoms with Crippen LogP contribution in [0.4, 0.5) is 5.69 Å². The van der Waals surface area contributed by atoms with Crippen LogP contribution >= 0.6 is 23.4 Å². The fourth-order valence-corrected chi connectivity index (χ4v) is 4.65. The summed E-state index contributed by atoms with van der Waals surface area (Å²) in [5.41, 5.74) is 6.93. The number of rotatable bonds is 2. The monoisotopic (exact) mass is 311 g/mol. The molecule has 0 amide bonds. The average Bonchev–Trinajstić information content (AvgIpc) is 2.86. The Morgan fingerprint density at radius 1 is 1.50 bits per heavy atom. The SMILES string of the molecule is Nc1cc(Cl)ccc1C(=O)C1CCOC2(CCSC2)C1. The second-order valence-electron chi connectivity index (χ2n) is 5.62. The highest BCUT2D eigenvalue weighted by atomic mass is 35.5. The van der Waals surface area contributed by atoms with Gasteiger partial charge in [0.15, 0.2) is 5.78 Å². The minimum Gasteiger partial charge on any atom is -0.398 e. The Bertz CT molecular complexity index is 529. The largest absolute Gasteiger partial charge is 0.398 e. The lowest BCUT2D eigenvalue weighted by Crippen LogP contribution is -2.42. The third kappa shape index (κ3) is 2.69. The number of halogens is 1. The first kappa shape index (κ1) is 14.2. The molecule has 1 aromatic carbocycles. The lowest BCUT2D eigenvalue weighted by atomic mass is 9.81. The summed E-state index contributed by atoms with van der Waals surface area (Å²) in [4.78, 5) is 12.7. The number of thioether (sulfide) groups is 1. The van der Waals surface area contributed by atoms with E-state index in [1.165, 1.54) is 0 Å². The Kier molecular flexibility index (Phi) is 3.98. The molecule has 2 aliphatic heterocycles. The van der Waals surface area contributed by atoms with Crippen molar-refractivity contribution in [1.29, 1.82) is 0 Å². The molecule has 20 heavy (non-hydrogen) atoms. The van der Waals surface area contributed by atoms with Gasteiger partial charge in [-0.15, -0.1) is 0 Å². The molecule has 2 atom stereocenters. The van der Waals surface area contributed by atoms with Crippen molar-refractivity contribution in [1.82, 2.24) is 0 Å². The van der Waals surface area contributed by atoms with E-state index in [-0.39, 0.29) is 17.3 Å². The van der Waals surface area contributed by atoms with Crippen molar-refractivity contribution in [3.05, 3.63) is 28.8 Å². The highest BCUT2D eigenvalue weighted by Crippen LogP contribution is 2.41. The van der Waals surface area contributed by atoms with E-state index in [0.29, 0.717) is 22.9 Å². The number of carbonyl (C=O) groups excluding carboxylic acids is 1. The van der Waals surface area contributed by atoms with Crippen LogP contribution in [0.5, 0.6) is 0 Å². The molecule has 0 aliphatic carbocycles. The van der Waals surface area contributed by atoms with Gasteiger partial charge in [-0.05, 0) is 43.2 Å². The number of carbonyl (C=O) groups is 1. The fraction of sp³-hybridized carbons (Fsp3) is 0.533. The van der Waals surface area contributed by atoms with Gasteiger partial charge < -0.3 is 10.5 Å². The van der Waals surface area contributed by atoms with E-state index in [9.17, 15) is 4.79 Å². The van der Waals surface area contributed by atoms with Crippen LogP contribution in [0.15, 0.2) is 18.2 Å². The van der Waals surface area contributed by atoms with Crippen molar-refractivity contribution >= 4 is 34.8 Å². The van der Waals surface area contributed by atoms with E-state index < -0.39 is 0 Å². The van der Waals surface area contributed by atoms with Gasteiger partial charge in [-0.3, -0.25) is 4.79 Å². The van der Waals surface area contributed by atoms with Crippen molar-refractivity contribution in [2.45, 2.75) is 24.9 Å². The van der Waals surface area contributed by atoms with Gasteiger partial charge in [0.1, 0.15) is 0 Å². The summed E-state index contributed by atoms with van der Waals surface area (Å²) in [5, 5.41) is 0.565. The number of anilines is 1. The van der Waals surface area contributed by atoms with E-state index in [2.05, 4.69) is 0 Å². The standard InChI is InChI=1S/C15H18ClNO2S/c16-11-1-2-12(13(17)7-11)14(18)10-3-5-19-15(8-10)4-6-20-9-15/h1-2,7,10H,3-6,8-9,17H2. The van der Waals surface area contributed by atoms with Crippen LogP contribution in [0, 0.1) is 5.92 Å². The topological polar surface area (TPSA) is 52.3 Å². The predicted molar refractivity (Wildman–Crippen MR) is 83.5 cm³/mol. The molecule has 0 saturated carbocycles. The van der Waals surface area contributed by atoms with Gasteiger partial charge in [-0.2, -0.15) is 11.8 Å².